The SMILES string of the molecule is CCCCN(CC(N)=O)C(c1cccc(F)c1)C(C)N. The summed E-state index contributed by atoms with van der Waals surface area (Å²) < 4.78 is 13.4. The summed E-state index contributed by atoms with van der Waals surface area (Å²) in [6.45, 7) is 4.77. The van der Waals surface area contributed by atoms with E-state index in [1.165, 1.54) is 12.1 Å². The van der Waals surface area contributed by atoms with Gasteiger partial charge in [-0.2, -0.15) is 0 Å². The van der Waals surface area contributed by atoms with Gasteiger partial charge in [0.2, 0.25) is 5.91 Å². The Kier molecular flexibility index (Phi) is 6.61. The number of rotatable bonds is 8. The Labute approximate surface area is 119 Å². The predicted octanol–water partition coefficient (Wildman–Crippen LogP) is 1.80. The van der Waals surface area contributed by atoms with Crippen LogP contribution >= 0.6 is 0 Å². The van der Waals surface area contributed by atoms with E-state index in [0.717, 1.165) is 18.4 Å². The van der Waals surface area contributed by atoms with Crippen LogP contribution in [0.2, 0.25) is 0 Å². The first-order valence-corrected chi connectivity index (χ1v) is 6.99. The molecule has 0 bridgehead atoms. The Morgan fingerprint density at radius 1 is 1.45 bits per heavy atom. The topological polar surface area (TPSA) is 72.3 Å². The molecule has 2 unspecified atom stereocenters. The van der Waals surface area contributed by atoms with E-state index in [1.54, 1.807) is 6.07 Å². The van der Waals surface area contributed by atoms with Crippen molar-refractivity contribution in [2.45, 2.75) is 38.8 Å². The minimum Gasteiger partial charge on any atom is -0.369 e. The lowest BCUT2D eigenvalue weighted by Crippen LogP contribution is -2.44. The summed E-state index contributed by atoms with van der Waals surface area (Å²) in [5, 5.41) is 0. The maximum Gasteiger partial charge on any atom is 0.231 e. The van der Waals surface area contributed by atoms with Gasteiger partial charge in [0.05, 0.1) is 12.6 Å². The van der Waals surface area contributed by atoms with E-state index in [0.29, 0.717) is 6.54 Å². The van der Waals surface area contributed by atoms with Crippen LogP contribution in [0.3, 0.4) is 0 Å². The van der Waals surface area contributed by atoms with Crippen LogP contribution in [0.25, 0.3) is 0 Å². The number of hydrogen-bond donors (Lipinski definition) is 2. The lowest BCUT2D eigenvalue weighted by atomic mass is 9.98. The van der Waals surface area contributed by atoms with Gasteiger partial charge in [-0.3, -0.25) is 9.69 Å². The highest BCUT2D eigenvalue weighted by atomic mass is 19.1. The molecule has 0 aromatic heterocycles. The molecule has 2 atom stereocenters. The minimum atomic E-state index is -0.400. The van der Waals surface area contributed by atoms with Crippen molar-refractivity contribution in [3.8, 4) is 0 Å². The maximum absolute atomic E-state index is 13.4. The Bertz CT molecular complexity index is 437. The molecule has 0 saturated carbocycles. The molecule has 4 N–H and O–H groups in total. The van der Waals surface area contributed by atoms with Gasteiger partial charge in [0.15, 0.2) is 0 Å². The quantitative estimate of drug-likeness (QED) is 0.763. The molecule has 5 heteroatoms. The molecular weight excluding hydrogens is 257 g/mol. The zero-order valence-electron chi connectivity index (χ0n) is 12.2. The van der Waals surface area contributed by atoms with E-state index < -0.39 is 5.91 Å². The van der Waals surface area contributed by atoms with Gasteiger partial charge in [-0.1, -0.05) is 25.5 Å². The Morgan fingerprint density at radius 3 is 2.65 bits per heavy atom. The van der Waals surface area contributed by atoms with E-state index >= 15 is 0 Å². The molecule has 1 aromatic carbocycles. The zero-order chi connectivity index (χ0) is 15.1. The zero-order valence-corrected chi connectivity index (χ0v) is 12.2. The molecule has 1 aromatic rings. The molecule has 0 saturated heterocycles. The average molecular weight is 281 g/mol. The fraction of sp³-hybridized carbons (Fsp3) is 0.533. The van der Waals surface area contributed by atoms with Crippen LogP contribution in [0.15, 0.2) is 24.3 Å². The molecule has 0 heterocycles. The van der Waals surface area contributed by atoms with Crippen molar-refractivity contribution in [3.05, 3.63) is 35.6 Å². The number of nitrogens with zero attached hydrogens (tertiary/aromatic N) is 1. The number of amides is 1. The third-order valence-corrected chi connectivity index (χ3v) is 3.24. The number of unbranched alkanes of at least 4 members (excludes halogenated alkanes) is 1. The van der Waals surface area contributed by atoms with E-state index in [-0.39, 0.29) is 24.4 Å². The van der Waals surface area contributed by atoms with Crippen molar-refractivity contribution in [1.29, 1.82) is 0 Å². The van der Waals surface area contributed by atoms with Gasteiger partial charge >= 0.3 is 0 Å². The Balaban J connectivity index is 3.03. The Hall–Kier alpha value is -1.46. The van der Waals surface area contributed by atoms with Gasteiger partial charge in [0, 0.05) is 6.04 Å². The summed E-state index contributed by atoms with van der Waals surface area (Å²) in [4.78, 5) is 13.2. The molecule has 0 aliphatic heterocycles. The molecule has 112 valence electrons. The lowest BCUT2D eigenvalue weighted by molar-refractivity contribution is -0.119. The molecule has 0 radical (unpaired) electrons. The second kappa shape index (κ2) is 7.97. The summed E-state index contributed by atoms with van der Waals surface area (Å²) in [6.07, 6.45) is 1.94. The molecular formula is C15H24FN3O. The number of halogens is 1. The first-order chi connectivity index (χ1) is 9.45. The number of benzene rings is 1. The van der Waals surface area contributed by atoms with Crippen LogP contribution < -0.4 is 11.5 Å². The van der Waals surface area contributed by atoms with E-state index in [2.05, 4.69) is 6.92 Å². The second-order valence-corrected chi connectivity index (χ2v) is 5.15. The van der Waals surface area contributed by atoms with Crippen LogP contribution in [0.5, 0.6) is 0 Å². The van der Waals surface area contributed by atoms with E-state index in [9.17, 15) is 9.18 Å². The van der Waals surface area contributed by atoms with Gasteiger partial charge in [-0.05, 0) is 37.6 Å². The monoisotopic (exact) mass is 281 g/mol. The molecule has 1 rings (SSSR count). The van der Waals surface area contributed by atoms with Gasteiger partial charge in [0.25, 0.3) is 0 Å². The van der Waals surface area contributed by atoms with Gasteiger partial charge in [0.1, 0.15) is 5.82 Å². The van der Waals surface area contributed by atoms with Crippen molar-refractivity contribution in [2.75, 3.05) is 13.1 Å². The standard InChI is InChI=1S/C15H24FN3O/c1-3-4-8-19(10-14(18)20)15(11(2)17)12-6-5-7-13(16)9-12/h5-7,9,11,15H,3-4,8,10,17H2,1-2H3,(H2,18,20). The molecule has 4 nitrogen and oxygen atoms in total. The summed E-state index contributed by atoms with van der Waals surface area (Å²) in [5.74, 6) is -0.703. The summed E-state index contributed by atoms with van der Waals surface area (Å²) >= 11 is 0. The van der Waals surface area contributed by atoms with Crippen LogP contribution in [0.4, 0.5) is 4.39 Å². The number of nitrogens with two attached hydrogens (primary N) is 2. The molecule has 0 aliphatic carbocycles. The first-order valence-electron chi connectivity index (χ1n) is 6.99. The lowest BCUT2D eigenvalue weighted by Gasteiger charge is -2.33. The van der Waals surface area contributed by atoms with Crippen LogP contribution in [0.1, 0.15) is 38.3 Å². The largest absolute Gasteiger partial charge is 0.369 e. The smallest absolute Gasteiger partial charge is 0.231 e. The van der Waals surface area contributed by atoms with Crippen molar-refractivity contribution >= 4 is 5.91 Å². The highest BCUT2D eigenvalue weighted by Crippen LogP contribution is 2.24. The minimum absolute atomic E-state index is 0.128. The second-order valence-electron chi connectivity index (χ2n) is 5.15. The van der Waals surface area contributed by atoms with Crippen LogP contribution in [0, 0.1) is 5.82 Å². The predicted molar refractivity (Wildman–Crippen MR) is 78.5 cm³/mol. The third-order valence-electron chi connectivity index (χ3n) is 3.24. The summed E-state index contributed by atoms with van der Waals surface area (Å²) in [6, 6.07) is 5.90. The van der Waals surface area contributed by atoms with Crippen molar-refractivity contribution in [2.24, 2.45) is 11.5 Å². The van der Waals surface area contributed by atoms with Gasteiger partial charge in [-0.15, -0.1) is 0 Å². The van der Waals surface area contributed by atoms with Crippen molar-refractivity contribution in [3.63, 3.8) is 0 Å². The van der Waals surface area contributed by atoms with Crippen molar-refractivity contribution in [1.82, 2.24) is 4.90 Å². The first kappa shape index (κ1) is 16.6. The Morgan fingerprint density at radius 2 is 2.15 bits per heavy atom. The molecule has 0 aliphatic rings. The normalized spacial score (nSPS) is 14.2. The molecule has 0 spiro atoms. The third kappa shape index (κ3) is 4.90. The van der Waals surface area contributed by atoms with Crippen LogP contribution in [-0.4, -0.2) is 29.9 Å². The highest BCUT2D eigenvalue weighted by Gasteiger charge is 2.25. The fourth-order valence-electron chi connectivity index (χ4n) is 2.42. The molecule has 20 heavy (non-hydrogen) atoms. The van der Waals surface area contributed by atoms with Gasteiger partial charge in [-0.25, -0.2) is 4.39 Å². The summed E-state index contributed by atoms with van der Waals surface area (Å²) in [5.41, 5.74) is 12.1. The average Bonchev–Trinajstić information content (AvgIpc) is 2.35. The van der Waals surface area contributed by atoms with Crippen LogP contribution in [-0.2, 0) is 4.79 Å². The van der Waals surface area contributed by atoms with E-state index in [4.69, 9.17) is 11.5 Å². The number of carbonyl (C=O) groups is 1. The van der Waals surface area contributed by atoms with Gasteiger partial charge < -0.3 is 11.5 Å². The maximum atomic E-state index is 13.4. The van der Waals surface area contributed by atoms with E-state index in [1.807, 2.05) is 17.9 Å². The fourth-order valence-corrected chi connectivity index (χ4v) is 2.42. The number of hydrogen-bond acceptors (Lipinski definition) is 3. The summed E-state index contributed by atoms with van der Waals surface area (Å²) in [7, 11) is 0. The van der Waals surface area contributed by atoms with Crippen molar-refractivity contribution < 1.29 is 9.18 Å². The molecule has 1 amide bonds. The number of carbonyl (C=O) groups excluding carboxylic acids is 1. The highest BCUT2D eigenvalue weighted by molar-refractivity contribution is 5.76. The number of primary amides is 1. The molecule has 0 fully saturated rings.